The molecule has 0 saturated heterocycles. The van der Waals surface area contributed by atoms with Gasteiger partial charge in [0.25, 0.3) is 0 Å². The second kappa shape index (κ2) is 7.49. The van der Waals surface area contributed by atoms with Crippen molar-refractivity contribution in [1.82, 2.24) is 10.6 Å². The van der Waals surface area contributed by atoms with E-state index < -0.39 is 0 Å². The lowest BCUT2D eigenvalue weighted by Crippen LogP contribution is -2.42. The van der Waals surface area contributed by atoms with Crippen molar-refractivity contribution in [3.8, 4) is 5.75 Å². The molecule has 0 spiro atoms. The molecule has 5 nitrogen and oxygen atoms in total. The Bertz CT molecular complexity index is 567. The third-order valence-corrected chi connectivity index (χ3v) is 4.69. The second-order valence-electron chi connectivity index (χ2n) is 6.35. The average molecular weight is 316 g/mol. The van der Waals surface area contributed by atoms with Crippen LogP contribution >= 0.6 is 0 Å². The minimum atomic E-state index is -0.143. The zero-order valence-electron chi connectivity index (χ0n) is 13.3. The molecule has 124 valence electrons. The first-order valence-corrected chi connectivity index (χ1v) is 8.53. The molecule has 1 fully saturated rings. The van der Waals surface area contributed by atoms with Gasteiger partial charge in [-0.2, -0.15) is 0 Å². The second-order valence-corrected chi connectivity index (χ2v) is 6.35. The van der Waals surface area contributed by atoms with Crippen molar-refractivity contribution in [3.63, 3.8) is 0 Å². The van der Waals surface area contributed by atoms with E-state index in [-0.39, 0.29) is 30.3 Å². The maximum atomic E-state index is 12.1. The van der Waals surface area contributed by atoms with Crippen LogP contribution in [0.25, 0.3) is 0 Å². The highest BCUT2D eigenvalue weighted by atomic mass is 16.5. The summed E-state index contributed by atoms with van der Waals surface area (Å²) >= 11 is 0. The molecule has 0 aromatic heterocycles. The van der Waals surface area contributed by atoms with E-state index in [1.54, 1.807) is 0 Å². The van der Waals surface area contributed by atoms with Crippen molar-refractivity contribution in [3.05, 3.63) is 29.8 Å². The average Bonchev–Trinajstić information content (AvgIpc) is 2.61. The van der Waals surface area contributed by atoms with Crippen molar-refractivity contribution in [2.45, 2.75) is 44.6 Å². The van der Waals surface area contributed by atoms with E-state index in [4.69, 9.17) is 4.74 Å². The van der Waals surface area contributed by atoms with Crippen molar-refractivity contribution in [2.75, 3.05) is 13.2 Å². The fourth-order valence-electron chi connectivity index (χ4n) is 3.41. The zero-order chi connectivity index (χ0) is 16.1. The molecular weight excluding hydrogens is 292 g/mol. The summed E-state index contributed by atoms with van der Waals surface area (Å²) in [5.74, 6) is 0.790. The summed E-state index contributed by atoms with van der Waals surface area (Å²) in [6, 6.07) is 7.71. The molecule has 0 unspecified atom stereocenters. The molecule has 3 rings (SSSR count). The third kappa shape index (κ3) is 4.03. The minimum Gasteiger partial charge on any atom is -0.493 e. The van der Waals surface area contributed by atoms with Crippen molar-refractivity contribution >= 4 is 11.8 Å². The Labute approximate surface area is 136 Å². The highest BCUT2D eigenvalue weighted by Gasteiger charge is 2.24. The maximum absolute atomic E-state index is 12.1. The van der Waals surface area contributed by atoms with E-state index in [1.165, 1.54) is 6.42 Å². The Morgan fingerprint density at radius 2 is 1.87 bits per heavy atom. The SMILES string of the molecule is O=C(CNC(=O)C1CCCCC1)N[C@@H]1CCOc2ccccc21. The number of ether oxygens (including phenoxy) is 1. The quantitative estimate of drug-likeness (QED) is 0.896. The number of hydrogen-bond acceptors (Lipinski definition) is 3. The summed E-state index contributed by atoms with van der Waals surface area (Å²) in [5, 5.41) is 5.78. The van der Waals surface area contributed by atoms with Crippen LogP contribution in [0.3, 0.4) is 0 Å². The summed E-state index contributed by atoms with van der Waals surface area (Å²) in [4.78, 5) is 24.2. The standard InChI is InChI=1S/C18H24N2O3/c21-17(12-19-18(22)13-6-2-1-3-7-13)20-15-10-11-23-16-9-5-4-8-14(15)16/h4-5,8-9,13,15H,1-3,6-7,10-12H2,(H,19,22)(H,20,21)/t15-/m1/s1. The van der Waals surface area contributed by atoms with E-state index in [1.807, 2.05) is 24.3 Å². The van der Waals surface area contributed by atoms with Gasteiger partial charge >= 0.3 is 0 Å². The Morgan fingerprint density at radius 3 is 2.70 bits per heavy atom. The Kier molecular flexibility index (Phi) is 5.16. The zero-order valence-corrected chi connectivity index (χ0v) is 13.3. The van der Waals surface area contributed by atoms with Gasteiger partial charge in [0.1, 0.15) is 5.75 Å². The first-order chi connectivity index (χ1) is 11.2. The summed E-state index contributed by atoms with van der Waals surface area (Å²) in [7, 11) is 0. The molecule has 2 N–H and O–H groups in total. The van der Waals surface area contributed by atoms with Crippen LogP contribution in [0.15, 0.2) is 24.3 Å². The molecule has 23 heavy (non-hydrogen) atoms. The van der Waals surface area contributed by atoms with Gasteiger partial charge in [0.2, 0.25) is 11.8 Å². The molecule has 5 heteroatoms. The molecule has 2 aliphatic rings. The minimum absolute atomic E-state index is 0.0206. The summed E-state index contributed by atoms with van der Waals surface area (Å²) in [6.45, 7) is 0.644. The van der Waals surface area contributed by atoms with E-state index in [0.29, 0.717) is 6.61 Å². The van der Waals surface area contributed by atoms with Crippen LogP contribution in [0, 0.1) is 5.92 Å². The van der Waals surface area contributed by atoms with Gasteiger partial charge in [0.15, 0.2) is 0 Å². The molecule has 1 heterocycles. The van der Waals surface area contributed by atoms with Crippen molar-refractivity contribution < 1.29 is 14.3 Å². The Balaban J connectivity index is 1.49. The van der Waals surface area contributed by atoms with Gasteiger partial charge in [-0.3, -0.25) is 9.59 Å². The number of carbonyl (C=O) groups is 2. The van der Waals surface area contributed by atoms with E-state index in [0.717, 1.165) is 43.4 Å². The van der Waals surface area contributed by atoms with Crippen LogP contribution in [0.2, 0.25) is 0 Å². The highest BCUT2D eigenvalue weighted by Crippen LogP contribution is 2.31. The van der Waals surface area contributed by atoms with Gasteiger partial charge in [0, 0.05) is 17.9 Å². The van der Waals surface area contributed by atoms with Crippen LogP contribution in [-0.4, -0.2) is 25.0 Å². The van der Waals surface area contributed by atoms with Gasteiger partial charge < -0.3 is 15.4 Å². The molecule has 1 atom stereocenters. The molecule has 1 aromatic rings. The molecule has 0 bridgehead atoms. The van der Waals surface area contributed by atoms with Crippen LogP contribution in [0.4, 0.5) is 0 Å². The van der Waals surface area contributed by atoms with Crippen molar-refractivity contribution in [2.24, 2.45) is 5.92 Å². The first-order valence-electron chi connectivity index (χ1n) is 8.53. The van der Waals surface area contributed by atoms with Crippen LogP contribution < -0.4 is 15.4 Å². The number of hydrogen-bond donors (Lipinski definition) is 2. The summed E-state index contributed by atoms with van der Waals surface area (Å²) < 4.78 is 5.59. The van der Waals surface area contributed by atoms with Gasteiger partial charge in [-0.25, -0.2) is 0 Å². The van der Waals surface area contributed by atoms with Gasteiger partial charge in [-0.1, -0.05) is 37.5 Å². The first kappa shape index (κ1) is 15.8. The predicted octanol–water partition coefficient (Wildman–Crippen LogP) is 2.32. The predicted molar refractivity (Wildman–Crippen MR) is 87.0 cm³/mol. The van der Waals surface area contributed by atoms with E-state index in [9.17, 15) is 9.59 Å². The number of amides is 2. The number of rotatable bonds is 4. The molecule has 2 amide bonds. The van der Waals surface area contributed by atoms with Gasteiger partial charge in [-0.15, -0.1) is 0 Å². The highest BCUT2D eigenvalue weighted by molar-refractivity contribution is 5.86. The maximum Gasteiger partial charge on any atom is 0.239 e. The largest absolute Gasteiger partial charge is 0.493 e. The number of benzene rings is 1. The summed E-state index contributed by atoms with van der Waals surface area (Å²) in [6.07, 6.45) is 6.08. The number of carbonyl (C=O) groups excluding carboxylic acids is 2. The van der Waals surface area contributed by atoms with Crippen LogP contribution in [0.5, 0.6) is 5.75 Å². The van der Waals surface area contributed by atoms with E-state index >= 15 is 0 Å². The normalized spacial score (nSPS) is 21.0. The topological polar surface area (TPSA) is 67.4 Å². The molecule has 1 aliphatic carbocycles. The molecule has 1 aliphatic heterocycles. The Morgan fingerprint density at radius 1 is 1.09 bits per heavy atom. The van der Waals surface area contributed by atoms with E-state index in [2.05, 4.69) is 10.6 Å². The number of fused-ring (bicyclic) bond motifs is 1. The summed E-state index contributed by atoms with van der Waals surface area (Å²) in [5.41, 5.74) is 1.01. The lowest BCUT2D eigenvalue weighted by atomic mass is 9.89. The molecule has 1 aromatic carbocycles. The lowest BCUT2D eigenvalue weighted by Gasteiger charge is -2.27. The smallest absolute Gasteiger partial charge is 0.239 e. The number of nitrogens with one attached hydrogen (secondary N) is 2. The molecule has 0 radical (unpaired) electrons. The van der Waals surface area contributed by atoms with Gasteiger partial charge in [0.05, 0.1) is 19.2 Å². The Hall–Kier alpha value is -2.04. The molecular formula is C18H24N2O3. The van der Waals surface area contributed by atoms with Crippen molar-refractivity contribution in [1.29, 1.82) is 0 Å². The fourth-order valence-corrected chi connectivity index (χ4v) is 3.41. The monoisotopic (exact) mass is 316 g/mol. The lowest BCUT2D eigenvalue weighted by molar-refractivity contribution is -0.129. The fraction of sp³-hybridized carbons (Fsp3) is 0.556. The third-order valence-electron chi connectivity index (χ3n) is 4.69. The molecule has 1 saturated carbocycles. The van der Waals surface area contributed by atoms with Crippen LogP contribution in [0.1, 0.15) is 50.1 Å². The number of para-hydroxylation sites is 1. The van der Waals surface area contributed by atoms with Gasteiger partial charge in [-0.05, 0) is 18.9 Å². The van der Waals surface area contributed by atoms with Crippen LogP contribution in [-0.2, 0) is 9.59 Å².